The zero-order valence-electron chi connectivity index (χ0n) is 11.6. The molecule has 0 aliphatic carbocycles. The number of hydrogen-bond acceptors (Lipinski definition) is 4. The van der Waals surface area contributed by atoms with Crippen molar-refractivity contribution in [1.82, 2.24) is 0 Å². The molecular weight excluding hydrogens is 273 g/mol. The van der Waals surface area contributed by atoms with Crippen LogP contribution in [-0.2, 0) is 0 Å². The fourth-order valence-electron chi connectivity index (χ4n) is 2.33. The number of phenols is 1. The van der Waals surface area contributed by atoms with Gasteiger partial charge >= 0.3 is 0 Å². The number of phenolic OH excluding ortho intramolecular Hbond substituents is 1. The van der Waals surface area contributed by atoms with Crippen molar-refractivity contribution in [3.05, 3.63) is 47.8 Å². The van der Waals surface area contributed by atoms with Crippen molar-refractivity contribution in [2.24, 2.45) is 0 Å². The second-order valence-corrected chi connectivity index (χ2v) is 4.93. The molecule has 0 spiro atoms. The van der Waals surface area contributed by atoms with Crippen LogP contribution >= 0.6 is 0 Å². The predicted octanol–water partition coefficient (Wildman–Crippen LogP) is 3.48. The average molecular weight is 289 g/mol. The van der Waals surface area contributed by atoms with E-state index < -0.39 is 5.82 Å². The predicted molar refractivity (Wildman–Crippen MR) is 77.5 cm³/mol. The van der Waals surface area contributed by atoms with Crippen molar-refractivity contribution in [1.29, 1.82) is 0 Å². The third-order valence-electron chi connectivity index (χ3n) is 3.38. The Bertz CT molecular complexity index is 660. The normalized spacial score (nSPS) is 14.6. The van der Waals surface area contributed by atoms with Crippen LogP contribution in [0.15, 0.2) is 36.4 Å². The van der Waals surface area contributed by atoms with Crippen LogP contribution in [0.5, 0.6) is 17.2 Å². The largest absolute Gasteiger partial charge is 0.508 e. The van der Waals surface area contributed by atoms with E-state index in [1.807, 2.05) is 25.1 Å². The van der Waals surface area contributed by atoms with E-state index in [0.29, 0.717) is 24.5 Å². The number of nitrogens with one attached hydrogen (secondary N) is 1. The summed E-state index contributed by atoms with van der Waals surface area (Å²) >= 11 is 0. The molecule has 1 aliphatic rings. The molecule has 0 saturated carbocycles. The van der Waals surface area contributed by atoms with E-state index in [0.717, 1.165) is 17.5 Å². The Labute approximate surface area is 122 Å². The van der Waals surface area contributed by atoms with Crippen LogP contribution in [0.2, 0.25) is 0 Å². The fraction of sp³-hybridized carbons (Fsp3) is 0.250. The van der Waals surface area contributed by atoms with Crippen molar-refractivity contribution in [3.8, 4) is 17.2 Å². The SMILES string of the molecule is CC(Nc1ccc2c(c1)OCCO2)c1ccc(O)cc1F. The van der Waals surface area contributed by atoms with Gasteiger partial charge in [0.25, 0.3) is 0 Å². The maximum Gasteiger partial charge on any atom is 0.163 e. The Morgan fingerprint density at radius 2 is 1.86 bits per heavy atom. The topological polar surface area (TPSA) is 50.7 Å². The lowest BCUT2D eigenvalue weighted by Gasteiger charge is -2.21. The number of benzene rings is 2. The lowest BCUT2D eigenvalue weighted by atomic mass is 10.1. The van der Waals surface area contributed by atoms with Crippen molar-refractivity contribution < 1.29 is 19.0 Å². The van der Waals surface area contributed by atoms with E-state index in [1.165, 1.54) is 6.07 Å². The van der Waals surface area contributed by atoms with E-state index >= 15 is 0 Å². The molecule has 0 bridgehead atoms. The number of rotatable bonds is 3. The highest BCUT2D eigenvalue weighted by Gasteiger charge is 2.15. The highest BCUT2D eigenvalue weighted by atomic mass is 19.1. The molecule has 0 radical (unpaired) electrons. The quantitative estimate of drug-likeness (QED) is 0.908. The molecular formula is C16H16FNO3. The minimum atomic E-state index is -0.437. The number of ether oxygens (including phenoxy) is 2. The Morgan fingerprint density at radius 1 is 1.10 bits per heavy atom. The molecule has 110 valence electrons. The monoisotopic (exact) mass is 289 g/mol. The molecule has 0 saturated heterocycles. The molecule has 1 atom stereocenters. The third kappa shape index (κ3) is 2.86. The lowest BCUT2D eigenvalue weighted by Crippen LogP contribution is -2.15. The number of aromatic hydroxyl groups is 1. The summed E-state index contributed by atoms with van der Waals surface area (Å²) < 4.78 is 24.8. The first-order valence-corrected chi connectivity index (χ1v) is 6.78. The van der Waals surface area contributed by atoms with Gasteiger partial charge in [0.05, 0.1) is 6.04 Å². The standard InChI is InChI=1S/C16H16FNO3/c1-10(13-4-3-12(19)9-14(13)17)18-11-2-5-15-16(8-11)21-7-6-20-15/h2-5,8-10,18-19H,6-7H2,1H3. The molecule has 21 heavy (non-hydrogen) atoms. The molecule has 2 aromatic rings. The van der Waals surface area contributed by atoms with E-state index in [4.69, 9.17) is 9.47 Å². The third-order valence-corrected chi connectivity index (χ3v) is 3.38. The van der Waals surface area contributed by atoms with Gasteiger partial charge in [0, 0.05) is 23.4 Å². The number of fused-ring (bicyclic) bond motifs is 1. The molecule has 3 rings (SSSR count). The first-order chi connectivity index (χ1) is 10.1. The van der Waals surface area contributed by atoms with Gasteiger partial charge in [-0.25, -0.2) is 4.39 Å². The van der Waals surface area contributed by atoms with Crippen LogP contribution < -0.4 is 14.8 Å². The van der Waals surface area contributed by atoms with Crippen molar-refractivity contribution in [3.63, 3.8) is 0 Å². The lowest BCUT2D eigenvalue weighted by molar-refractivity contribution is 0.171. The zero-order valence-corrected chi connectivity index (χ0v) is 11.6. The molecule has 1 aliphatic heterocycles. The molecule has 2 N–H and O–H groups in total. The smallest absolute Gasteiger partial charge is 0.163 e. The van der Waals surface area contributed by atoms with Gasteiger partial charge in [0.1, 0.15) is 24.8 Å². The summed E-state index contributed by atoms with van der Waals surface area (Å²) in [6.45, 7) is 2.93. The molecule has 5 heteroatoms. The number of halogens is 1. The highest BCUT2D eigenvalue weighted by molar-refractivity contribution is 5.56. The number of anilines is 1. The van der Waals surface area contributed by atoms with Gasteiger partial charge in [-0.1, -0.05) is 6.07 Å². The molecule has 0 aromatic heterocycles. The Morgan fingerprint density at radius 3 is 2.62 bits per heavy atom. The summed E-state index contributed by atoms with van der Waals surface area (Å²) in [5.74, 6) is 0.884. The van der Waals surface area contributed by atoms with Gasteiger partial charge in [-0.2, -0.15) is 0 Å². The van der Waals surface area contributed by atoms with Gasteiger partial charge in [-0.3, -0.25) is 0 Å². The van der Waals surface area contributed by atoms with Gasteiger partial charge in [0.15, 0.2) is 11.5 Å². The highest BCUT2D eigenvalue weighted by Crippen LogP contribution is 2.34. The first kappa shape index (κ1) is 13.5. The van der Waals surface area contributed by atoms with Gasteiger partial charge in [-0.05, 0) is 25.1 Å². The van der Waals surface area contributed by atoms with Gasteiger partial charge in [0.2, 0.25) is 0 Å². The summed E-state index contributed by atoms with van der Waals surface area (Å²) in [5, 5.41) is 12.5. The molecule has 0 fully saturated rings. The summed E-state index contributed by atoms with van der Waals surface area (Å²) in [5.41, 5.74) is 1.31. The van der Waals surface area contributed by atoms with Crippen LogP contribution in [0, 0.1) is 5.82 Å². The molecule has 1 unspecified atom stereocenters. The maximum absolute atomic E-state index is 13.8. The second kappa shape index (κ2) is 5.52. The first-order valence-electron chi connectivity index (χ1n) is 6.78. The van der Waals surface area contributed by atoms with Crippen molar-refractivity contribution in [2.75, 3.05) is 18.5 Å². The fourth-order valence-corrected chi connectivity index (χ4v) is 2.33. The van der Waals surface area contributed by atoms with Crippen LogP contribution in [-0.4, -0.2) is 18.3 Å². The summed E-state index contributed by atoms with van der Waals surface area (Å²) in [6, 6.07) is 9.44. The van der Waals surface area contributed by atoms with E-state index in [-0.39, 0.29) is 11.8 Å². The Hall–Kier alpha value is -2.43. The maximum atomic E-state index is 13.8. The van der Waals surface area contributed by atoms with E-state index in [9.17, 15) is 9.50 Å². The minimum absolute atomic E-state index is 0.0808. The Balaban J connectivity index is 1.79. The average Bonchev–Trinajstić information content (AvgIpc) is 2.47. The Kier molecular flexibility index (Phi) is 3.56. The van der Waals surface area contributed by atoms with Crippen LogP contribution in [0.25, 0.3) is 0 Å². The van der Waals surface area contributed by atoms with Crippen molar-refractivity contribution >= 4 is 5.69 Å². The van der Waals surface area contributed by atoms with E-state index in [1.54, 1.807) is 6.07 Å². The molecule has 2 aromatic carbocycles. The molecule has 1 heterocycles. The van der Waals surface area contributed by atoms with Crippen LogP contribution in [0.3, 0.4) is 0 Å². The van der Waals surface area contributed by atoms with Crippen LogP contribution in [0.1, 0.15) is 18.5 Å². The van der Waals surface area contributed by atoms with Crippen LogP contribution in [0.4, 0.5) is 10.1 Å². The molecule has 0 amide bonds. The molecule has 4 nitrogen and oxygen atoms in total. The second-order valence-electron chi connectivity index (χ2n) is 4.93. The summed E-state index contributed by atoms with van der Waals surface area (Å²) in [6.07, 6.45) is 0. The van der Waals surface area contributed by atoms with E-state index in [2.05, 4.69) is 5.32 Å². The minimum Gasteiger partial charge on any atom is -0.508 e. The van der Waals surface area contributed by atoms with Gasteiger partial charge < -0.3 is 19.9 Å². The summed E-state index contributed by atoms with van der Waals surface area (Å²) in [7, 11) is 0. The van der Waals surface area contributed by atoms with Gasteiger partial charge in [-0.15, -0.1) is 0 Å². The summed E-state index contributed by atoms with van der Waals surface area (Å²) in [4.78, 5) is 0. The number of hydrogen-bond donors (Lipinski definition) is 2. The van der Waals surface area contributed by atoms with Crippen molar-refractivity contribution in [2.45, 2.75) is 13.0 Å². The zero-order chi connectivity index (χ0) is 14.8.